The summed E-state index contributed by atoms with van der Waals surface area (Å²) in [6.45, 7) is 0. The molecule has 0 atom stereocenters. The molecule has 1 aromatic heterocycles. The van der Waals surface area contributed by atoms with Crippen molar-refractivity contribution in [3.63, 3.8) is 0 Å². The molecule has 15 heavy (non-hydrogen) atoms. The Morgan fingerprint density at radius 1 is 1.40 bits per heavy atom. The summed E-state index contributed by atoms with van der Waals surface area (Å²) < 4.78 is 3.91. The summed E-state index contributed by atoms with van der Waals surface area (Å²) in [5, 5.41) is 14.4. The summed E-state index contributed by atoms with van der Waals surface area (Å²) in [5.74, 6) is 0.0626. The molecule has 0 spiro atoms. The van der Waals surface area contributed by atoms with Crippen molar-refractivity contribution in [2.45, 2.75) is 0 Å². The van der Waals surface area contributed by atoms with Gasteiger partial charge in [-0.2, -0.15) is 0 Å². The second-order valence-electron chi connectivity index (χ2n) is 2.85. The lowest BCUT2D eigenvalue weighted by Crippen LogP contribution is -2.15. The van der Waals surface area contributed by atoms with E-state index in [9.17, 15) is 0 Å². The molecule has 1 heterocycles. The van der Waals surface area contributed by atoms with Gasteiger partial charge in [0.25, 0.3) is 5.69 Å². The molecule has 0 radical (unpaired) electrons. The molecular weight excluding hydrogens is 212 g/mol. The first-order valence-electron chi connectivity index (χ1n) is 4.23. The van der Waals surface area contributed by atoms with Crippen LogP contribution in [0.25, 0.3) is 11.3 Å². The van der Waals surface area contributed by atoms with Gasteiger partial charge in [0.05, 0.1) is 10.1 Å². The molecule has 0 amide bonds. The first kappa shape index (κ1) is 9.60. The Morgan fingerprint density at radius 3 is 2.80 bits per heavy atom. The zero-order valence-electron chi connectivity index (χ0n) is 7.71. The number of H-pyrrole nitrogens is 1. The summed E-state index contributed by atoms with van der Waals surface area (Å²) in [4.78, 5) is 0.628. The van der Waals surface area contributed by atoms with Crippen molar-refractivity contribution in [2.24, 2.45) is 10.9 Å². The highest BCUT2D eigenvalue weighted by Gasteiger charge is 2.19. The molecule has 4 N–H and O–H groups in total. The largest absolute Gasteiger partial charge is 0.409 e. The minimum absolute atomic E-state index is 0.0626. The molecule has 5 nitrogen and oxygen atoms in total. The van der Waals surface area contributed by atoms with Crippen LogP contribution in [0.4, 0.5) is 0 Å². The van der Waals surface area contributed by atoms with Gasteiger partial charge >= 0.3 is 0 Å². The number of oxime groups is 1. The van der Waals surface area contributed by atoms with Gasteiger partial charge in [-0.1, -0.05) is 28.5 Å². The first-order valence-corrected chi connectivity index (χ1v) is 5.01. The monoisotopic (exact) mass is 221 g/mol. The highest BCUT2D eigenvalue weighted by molar-refractivity contribution is 7.08. The molecule has 0 saturated heterocycles. The van der Waals surface area contributed by atoms with E-state index >= 15 is 0 Å². The highest BCUT2D eigenvalue weighted by Crippen LogP contribution is 2.20. The van der Waals surface area contributed by atoms with Crippen molar-refractivity contribution < 1.29 is 10.3 Å². The summed E-state index contributed by atoms with van der Waals surface area (Å²) in [6, 6.07) is 9.60. The summed E-state index contributed by atoms with van der Waals surface area (Å²) in [5.41, 5.74) is 7.24. The van der Waals surface area contributed by atoms with Crippen molar-refractivity contribution in [1.29, 1.82) is 0 Å². The third-order valence-electron chi connectivity index (χ3n) is 1.92. The fourth-order valence-corrected chi connectivity index (χ4v) is 1.85. The molecule has 0 unspecified atom stereocenters. The van der Waals surface area contributed by atoms with Crippen LogP contribution in [0.1, 0.15) is 4.88 Å². The minimum Gasteiger partial charge on any atom is -0.409 e. The number of nitrogens with two attached hydrogens (primary N) is 1. The van der Waals surface area contributed by atoms with Gasteiger partial charge in [0, 0.05) is 11.5 Å². The number of aromatic amines is 1. The number of hydrogen-bond acceptors (Lipinski definition) is 4. The minimum atomic E-state index is 0.0626. The van der Waals surface area contributed by atoms with E-state index in [1.165, 1.54) is 0 Å². The Kier molecular flexibility index (Phi) is 2.59. The Bertz CT molecular complexity index is 480. The number of rotatable bonds is 2. The van der Waals surface area contributed by atoms with E-state index in [4.69, 9.17) is 10.9 Å². The Hall–Kier alpha value is -1.95. The van der Waals surface area contributed by atoms with Crippen molar-refractivity contribution in [3.8, 4) is 11.3 Å². The van der Waals surface area contributed by atoms with Gasteiger partial charge < -0.3 is 10.9 Å². The van der Waals surface area contributed by atoms with E-state index in [0.29, 0.717) is 4.88 Å². The third-order valence-corrected chi connectivity index (χ3v) is 2.70. The van der Waals surface area contributed by atoms with Crippen LogP contribution in [0.2, 0.25) is 0 Å². The van der Waals surface area contributed by atoms with Crippen molar-refractivity contribution >= 4 is 17.4 Å². The lowest BCUT2D eigenvalue weighted by molar-refractivity contribution is -0.431. The first-order chi connectivity index (χ1) is 7.33. The van der Waals surface area contributed by atoms with Gasteiger partial charge in [-0.25, -0.2) is 0 Å². The van der Waals surface area contributed by atoms with E-state index < -0.39 is 0 Å². The predicted molar refractivity (Wildman–Crippen MR) is 56.6 cm³/mol. The van der Waals surface area contributed by atoms with E-state index in [0.717, 1.165) is 22.8 Å². The van der Waals surface area contributed by atoms with Crippen LogP contribution in [0.15, 0.2) is 35.5 Å². The van der Waals surface area contributed by atoms with Crippen molar-refractivity contribution in [1.82, 2.24) is 4.49 Å². The Morgan fingerprint density at radius 2 is 2.13 bits per heavy atom. The zero-order chi connectivity index (χ0) is 10.7. The van der Waals surface area contributed by atoms with Gasteiger partial charge in [0.1, 0.15) is 0 Å². The molecule has 1 aromatic carbocycles. The number of benzene rings is 1. The van der Waals surface area contributed by atoms with Gasteiger partial charge in [-0.05, 0) is 12.1 Å². The van der Waals surface area contributed by atoms with Gasteiger partial charge in [-0.15, -0.1) is 0 Å². The predicted octanol–water partition coefficient (Wildman–Crippen LogP) is 0.719. The smallest absolute Gasteiger partial charge is 0.260 e. The topological polar surface area (TPSA) is 85.6 Å². The number of aromatic nitrogens is 2. The molecule has 0 bridgehead atoms. The van der Waals surface area contributed by atoms with Crippen molar-refractivity contribution in [2.75, 3.05) is 0 Å². The van der Waals surface area contributed by atoms with Crippen LogP contribution >= 0.6 is 11.5 Å². The molecule has 0 aliphatic heterocycles. The Labute approximate surface area is 90.0 Å². The number of hydrogen-bond donors (Lipinski definition) is 2. The maximum atomic E-state index is 8.61. The average Bonchev–Trinajstić information content (AvgIpc) is 2.78. The normalized spacial score (nSPS) is 11.6. The lowest BCUT2D eigenvalue weighted by atomic mass is 10.1. The van der Waals surface area contributed by atoms with Gasteiger partial charge in [0.2, 0.25) is 0 Å². The summed E-state index contributed by atoms with van der Waals surface area (Å²) in [6.07, 6.45) is 0. The van der Waals surface area contributed by atoms with E-state index in [1.54, 1.807) is 0 Å². The maximum Gasteiger partial charge on any atom is 0.260 e. The molecule has 0 fully saturated rings. The fraction of sp³-hybridized carbons (Fsp3) is 0. The number of nitrogens with one attached hydrogen (secondary N) is 1. The molecular formula is C9H9N4OS+. The third kappa shape index (κ3) is 1.79. The summed E-state index contributed by atoms with van der Waals surface area (Å²) >= 11 is 1.16. The van der Waals surface area contributed by atoms with Crippen LogP contribution in [0, 0.1) is 0 Å². The van der Waals surface area contributed by atoms with E-state index in [-0.39, 0.29) is 5.84 Å². The zero-order valence-corrected chi connectivity index (χ0v) is 8.53. The van der Waals surface area contributed by atoms with Crippen LogP contribution < -0.4 is 10.8 Å². The molecule has 2 aromatic rings. The van der Waals surface area contributed by atoms with Gasteiger partial charge in [-0.3, -0.25) is 0 Å². The number of nitrogens with zero attached hydrogens (tertiary/aromatic N) is 2. The molecule has 0 aliphatic carbocycles. The summed E-state index contributed by atoms with van der Waals surface area (Å²) in [7, 11) is 0. The quantitative estimate of drug-likeness (QED) is 0.339. The van der Waals surface area contributed by atoms with Gasteiger partial charge in [0.15, 0.2) is 10.7 Å². The van der Waals surface area contributed by atoms with E-state index in [1.807, 2.05) is 30.3 Å². The maximum absolute atomic E-state index is 8.61. The molecule has 76 valence electrons. The second kappa shape index (κ2) is 4.05. The molecule has 0 aliphatic rings. The SMILES string of the molecule is NC(=NO)c1sn[nH+]c1-c1ccccc1. The molecule has 2 rings (SSSR count). The Balaban J connectivity index is 2.51. The average molecular weight is 221 g/mol. The molecule has 0 saturated carbocycles. The second-order valence-corrected chi connectivity index (χ2v) is 3.62. The van der Waals surface area contributed by atoms with Crippen LogP contribution in [-0.4, -0.2) is 15.5 Å². The molecule has 6 heteroatoms. The highest BCUT2D eigenvalue weighted by atomic mass is 32.1. The fourth-order valence-electron chi connectivity index (χ4n) is 1.23. The lowest BCUT2D eigenvalue weighted by Gasteiger charge is -1.93. The van der Waals surface area contributed by atoms with Crippen molar-refractivity contribution in [3.05, 3.63) is 35.2 Å². The standard InChI is InChI=1S/C9H8N4OS/c10-9(12-14)8-7(11-13-15-8)6-4-2-1-3-5-6/h1-5,14H,(H2,10,12)/p+1. The van der Waals surface area contributed by atoms with Crippen LogP contribution in [0.5, 0.6) is 0 Å². The van der Waals surface area contributed by atoms with E-state index in [2.05, 4.69) is 14.7 Å². The van der Waals surface area contributed by atoms with Crippen LogP contribution in [-0.2, 0) is 0 Å². The number of amidine groups is 1. The van der Waals surface area contributed by atoms with Crippen LogP contribution in [0.3, 0.4) is 0 Å².